The Morgan fingerprint density at radius 2 is 0.823 bits per heavy atom. The average Bonchev–Trinajstić information content (AvgIpc) is 3.24. The van der Waals surface area contributed by atoms with Crippen molar-refractivity contribution in [3.05, 3.63) is 117 Å². The van der Waals surface area contributed by atoms with Crippen LogP contribution >= 0.6 is 69.6 Å². The van der Waals surface area contributed by atoms with Gasteiger partial charge in [0.1, 0.15) is 47.3 Å². The lowest BCUT2D eigenvalue weighted by Crippen LogP contribution is -2.26. The molecule has 0 aliphatic heterocycles. The maximum Gasteiger partial charge on any atom is 0.345 e. The molecule has 4 aromatic rings. The Bertz CT molecular complexity index is 2290. The van der Waals surface area contributed by atoms with Crippen molar-refractivity contribution in [2.75, 3.05) is 28.4 Å². The molecule has 0 radical (unpaired) electrons. The third-order valence-electron chi connectivity index (χ3n) is 8.72. The predicted octanol–water partition coefficient (Wildman–Crippen LogP) is 8.97. The number of phenols is 2. The van der Waals surface area contributed by atoms with E-state index in [2.05, 4.69) is 0 Å². The van der Waals surface area contributed by atoms with Gasteiger partial charge in [-0.05, 0) is 23.3 Å². The number of hydrogen-bond acceptors (Lipinski definition) is 14. The first-order valence-electron chi connectivity index (χ1n) is 17.3. The number of aromatic hydroxyl groups is 2. The van der Waals surface area contributed by atoms with Gasteiger partial charge >= 0.3 is 11.9 Å². The lowest BCUT2D eigenvalue weighted by Gasteiger charge is -2.28. The van der Waals surface area contributed by atoms with Gasteiger partial charge in [-0.3, -0.25) is 19.2 Å². The molecule has 2 aliphatic carbocycles. The van der Waals surface area contributed by atoms with Crippen molar-refractivity contribution in [1.82, 2.24) is 0 Å². The first kappa shape index (κ1) is 49.2. The highest BCUT2D eigenvalue weighted by Crippen LogP contribution is 2.55. The molecule has 0 saturated heterocycles. The summed E-state index contributed by atoms with van der Waals surface area (Å²) in [6.45, 7) is -0.546. The van der Waals surface area contributed by atoms with Gasteiger partial charge in [-0.1, -0.05) is 130 Å². The van der Waals surface area contributed by atoms with E-state index in [0.717, 1.165) is 40.6 Å². The van der Waals surface area contributed by atoms with Crippen LogP contribution in [0.25, 0.3) is 23.3 Å². The molecule has 0 spiro atoms. The molecular weight excluding hydrogens is 941 g/mol. The zero-order valence-electron chi connectivity index (χ0n) is 32.6. The molecule has 326 valence electrons. The second kappa shape index (κ2) is 22.0. The number of ether oxygens (including phenoxy) is 6. The number of ketones is 4. The molecule has 20 heteroatoms. The second-order valence-corrected chi connectivity index (χ2v) is 16.2. The molecule has 0 amide bonds. The fraction of sp³-hybridized carbons (Fsp3) is 0.190. The Morgan fingerprint density at radius 1 is 0.516 bits per heavy atom. The number of benzene rings is 4. The number of phenolic OH excluding ortho intramolecular Hbond substituents is 2. The number of esters is 2. The number of rotatable bonds is 11. The summed E-state index contributed by atoms with van der Waals surface area (Å²) in [6, 6.07) is 17.2. The summed E-state index contributed by atoms with van der Waals surface area (Å²) in [7, 11) is 4.26. The number of hydrogen-bond donors (Lipinski definition) is 2. The third kappa shape index (κ3) is 10.8. The average molecular weight is 973 g/mol. The lowest BCUT2D eigenvalue weighted by molar-refractivity contribution is -0.115. The summed E-state index contributed by atoms with van der Waals surface area (Å²) in [5.74, 6) is -11.3. The highest BCUT2D eigenvalue weighted by molar-refractivity contribution is 6.63. The van der Waals surface area contributed by atoms with Gasteiger partial charge in [0.05, 0.1) is 39.6 Å². The van der Waals surface area contributed by atoms with Gasteiger partial charge in [-0.15, -0.1) is 0 Å². The fourth-order valence-electron chi connectivity index (χ4n) is 6.19. The molecular formula is C42H32Cl6O14. The van der Waals surface area contributed by atoms with E-state index in [0.29, 0.717) is 11.1 Å². The second-order valence-electron chi connectivity index (χ2n) is 12.2. The Labute approximate surface area is 383 Å². The van der Waals surface area contributed by atoms with Crippen LogP contribution in [0.4, 0.5) is 0 Å². The molecule has 0 atom stereocenters. The van der Waals surface area contributed by atoms with Gasteiger partial charge in [0.25, 0.3) is 11.6 Å². The minimum Gasteiger partial charge on any atom is -0.506 e. The summed E-state index contributed by atoms with van der Waals surface area (Å²) >= 11 is 28.8. The lowest BCUT2D eigenvalue weighted by atomic mass is 9.79. The Balaban J connectivity index is 0.000000972. The van der Waals surface area contributed by atoms with Gasteiger partial charge in [0.2, 0.25) is 11.6 Å². The number of fused-ring (bicyclic) bond motifs is 2. The summed E-state index contributed by atoms with van der Waals surface area (Å²) < 4.78 is 31.6. The number of methoxy groups -OCH3 is 4. The van der Waals surface area contributed by atoms with Crippen LogP contribution in [-0.2, 0) is 41.8 Å². The molecule has 0 saturated carbocycles. The van der Waals surface area contributed by atoms with E-state index < -0.39 is 100 Å². The highest BCUT2D eigenvalue weighted by atomic mass is 35.6. The summed E-state index contributed by atoms with van der Waals surface area (Å²) in [5.41, 5.74) is -2.86. The number of alkyl halides is 6. The van der Waals surface area contributed by atoms with Crippen molar-refractivity contribution in [3.8, 4) is 34.1 Å². The molecule has 6 rings (SSSR count). The first-order valence-corrected chi connectivity index (χ1v) is 20.0. The molecule has 4 aromatic carbocycles. The van der Waals surface area contributed by atoms with E-state index in [1.807, 2.05) is 0 Å². The quantitative estimate of drug-likeness (QED) is 0.0820. The first-order chi connectivity index (χ1) is 29.4. The number of allylic oxidation sites excluding steroid dienone is 2. The van der Waals surface area contributed by atoms with Crippen molar-refractivity contribution in [3.63, 3.8) is 0 Å². The minimum atomic E-state index is -1.30. The van der Waals surface area contributed by atoms with Crippen molar-refractivity contribution < 1.29 is 67.4 Å². The van der Waals surface area contributed by atoms with Crippen molar-refractivity contribution in [1.29, 1.82) is 0 Å². The van der Waals surface area contributed by atoms with Crippen LogP contribution in [0.3, 0.4) is 0 Å². The topological polar surface area (TPSA) is 198 Å². The third-order valence-corrected chi connectivity index (χ3v) is 8.72. The molecule has 0 unspecified atom stereocenters. The highest BCUT2D eigenvalue weighted by Gasteiger charge is 2.44. The summed E-state index contributed by atoms with van der Waals surface area (Å²) in [6.07, 6.45) is 2.19. The maximum absolute atomic E-state index is 13.8. The summed E-state index contributed by atoms with van der Waals surface area (Å²) in [4.78, 5) is 81.2. The summed E-state index contributed by atoms with van der Waals surface area (Å²) in [5, 5.41) is 23.3. The van der Waals surface area contributed by atoms with Crippen LogP contribution in [0.2, 0.25) is 0 Å². The van der Waals surface area contributed by atoms with Crippen LogP contribution in [0, 0.1) is 0 Å². The Kier molecular flexibility index (Phi) is 17.5. The van der Waals surface area contributed by atoms with E-state index >= 15 is 0 Å². The van der Waals surface area contributed by atoms with Crippen LogP contribution in [-0.4, -0.2) is 82.3 Å². The SMILES string of the molecule is COC(=O)c1c(O)c2c(c(-c3c4c(c(O)c(C(=O)OC)c3OCc3ccccc3)C(=O)C(=O)C(OC)=C4)c1OCc1ccccc1)C=C(OC)C(=O)C2=O.ClC(Cl)Cl.ClC(Cl)Cl. The van der Waals surface area contributed by atoms with Gasteiger partial charge in [-0.25, -0.2) is 9.59 Å². The number of halogens is 6. The standard InChI is InChI=1S/C40H30O14.2CHCl3/c1-49-23-15-21-25(37(53-17-19-11-7-5-8-12-19)29(39(47)51-3)33(43)27(21)35(45)31(23)41)26-22-16-24(50-2)32(42)36(46)28(22)34(44)30(40(48)52-4)38(26)54-18-20-13-9-6-10-14-20;2*2-1(3)4/h5-16,43-44H,17-18H2,1-4H3;2*1H. The smallest absolute Gasteiger partial charge is 0.345 e. The molecule has 2 N–H and O–H groups in total. The molecule has 14 nitrogen and oxygen atoms in total. The maximum atomic E-state index is 13.8. The zero-order valence-corrected chi connectivity index (χ0v) is 37.1. The Morgan fingerprint density at radius 3 is 1.10 bits per heavy atom. The van der Waals surface area contributed by atoms with Crippen molar-refractivity contribution in [2.24, 2.45) is 0 Å². The van der Waals surface area contributed by atoms with E-state index in [1.54, 1.807) is 60.7 Å². The number of carbonyl (C=O) groups excluding carboxylic acids is 6. The van der Waals surface area contributed by atoms with Crippen LogP contribution in [0.1, 0.15) is 63.7 Å². The normalized spacial score (nSPS) is 12.7. The monoisotopic (exact) mass is 970 g/mol. The van der Waals surface area contributed by atoms with Gasteiger partial charge in [0, 0.05) is 22.3 Å². The largest absolute Gasteiger partial charge is 0.506 e. The minimum absolute atomic E-state index is 0.273. The van der Waals surface area contributed by atoms with E-state index in [4.69, 9.17) is 98.0 Å². The number of Topliss-reactive ketones (excluding diaryl/α,β-unsaturated/α-hetero) is 4. The Hall–Kier alpha value is -5.48. The van der Waals surface area contributed by atoms with Crippen LogP contribution < -0.4 is 9.47 Å². The predicted molar refractivity (Wildman–Crippen MR) is 231 cm³/mol. The molecule has 0 heterocycles. The number of carbonyl (C=O) groups is 6. The van der Waals surface area contributed by atoms with Gasteiger partial charge in [-0.2, -0.15) is 0 Å². The van der Waals surface area contributed by atoms with Gasteiger partial charge in [0.15, 0.2) is 20.1 Å². The van der Waals surface area contributed by atoms with E-state index in [-0.39, 0.29) is 35.5 Å². The fourth-order valence-corrected chi connectivity index (χ4v) is 6.19. The molecule has 2 aliphatic rings. The van der Waals surface area contributed by atoms with E-state index in [9.17, 15) is 39.0 Å². The van der Waals surface area contributed by atoms with Crippen molar-refractivity contribution in [2.45, 2.75) is 21.8 Å². The van der Waals surface area contributed by atoms with Crippen molar-refractivity contribution >= 4 is 117 Å². The molecule has 0 fully saturated rings. The molecule has 62 heavy (non-hydrogen) atoms. The molecule has 0 bridgehead atoms. The zero-order chi connectivity index (χ0) is 46.0. The van der Waals surface area contributed by atoms with E-state index in [1.165, 1.54) is 0 Å². The van der Waals surface area contributed by atoms with Crippen LogP contribution in [0.15, 0.2) is 72.2 Å². The molecule has 0 aromatic heterocycles. The van der Waals surface area contributed by atoms with Crippen LogP contribution in [0.5, 0.6) is 23.0 Å². The van der Waals surface area contributed by atoms with Gasteiger partial charge < -0.3 is 38.6 Å².